The maximum atomic E-state index is 13.1. The Balaban J connectivity index is 1.65. The summed E-state index contributed by atoms with van der Waals surface area (Å²) < 4.78 is 14.9. The van der Waals surface area contributed by atoms with Crippen molar-refractivity contribution >= 4 is 11.0 Å². The van der Waals surface area contributed by atoms with E-state index in [0.29, 0.717) is 17.6 Å². The smallest absolute Gasteiger partial charge is 0.143 e. The molecule has 0 radical (unpaired) electrons. The summed E-state index contributed by atoms with van der Waals surface area (Å²) in [6.07, 6.45) is 0.522. The van der Waals surface area contributed by atoms with Gasteiger partial charge in [-0.25, -0.2) is 14.4 Å². The second-order valence-corrected chi connectivity index (χ2v) is 6.86. The number of fused-ring (bicyclic) bond motifs is 1. The van der Waals surface area contributed by atoms with Gasteiger partial charge in [-0.3, -0.25) is 0 Å². The van der Waals surface area contributed by atoms with Crippen molar-refractivity contribution in [2.75, 3.05) is 0 Å². The van der Waals surface area contributed by atoms with Crippen molar-refractivity contribution in [3.63, 3.8) is 0 Å². The van der Waals surface area contributed by atoms with Gasteiger partial charge in [-0.05, 0) is 37.1 Å². The van der Waals surface area contributed by atoms with E-state index in [1.807, 2.05) is 23.8 Å². The molecule has 3 aromatic rings. The number of aliphatic hydroxyl groups is 3. The normalized spacial score (nSPS) is 27.1. The van der Waals surface area contributed by atoms with E-state index in [1.54, 1.807) is 0 Å². The molecule has 1 aliphatic carbocycles. The van der Waals surface area contributed by atoms with E-state index in [2.05, 4.69) is 9.97 Å². The zero-order valence-electron chi connectivity index (χ0n) is 14.2. The lowest BCUT2D eigenvalue weighted by Crippen LogP contribution is -2.31. The van der Waals surface area contributed by atoms with Crippen molar-refractivity contribution in [2.24, 2.45) is 5.92 Å². The fraction of sp³-hybridized carbons (Fsp3) is 0.368. The molecule has 2 heterocycles. The van der Waals surface area contributed by atoms with Crippen LogP contribution in [0.3, 0.4) is 0 Å². The van der Waals surface area contributed by atoms with Crippen LogP contribution in [0.4, 0.5) is 4.39 Å². The maximum absolute atomic E-state index is 13.1. The van der Waals surface area contributed by atoms with Gasteiger partial charge in [-0.1, -0.05) is 12.1 Å². The minimum Gasteiger partial charge on any atom is -0.390 e. The summed E-state index contributed by atoms with van der Waals surface area (Å²) in [5.41, 5.74) is 2.04. The van der Waals surface area contributed by atoms with E-state index < -0.39 is 30.3 Å². The third-order valence-corrected chi connectivity index (χ3v) is 5.38. The molecule has 26 heavy (non-hydrogen) atoms. The van der Waals surface area contributed by atoms with Crippen LogP contribution in [0.5, 0.6) is 0 Å². The summed E-state index contributed by atoms with van der Waals surface area (Å²) in [4.78, 5) is 8.46. The van der Waals surface area contributed by atoms with E-state index in [-0.39, 0.29) is 5.82 Å². The molecule has 1 fully saturated rings. The summed E-state index contributed by atoms with van der Waals surface area (Å²) >= 11 is 0. The number of hydrogen-bond donors (Lipinski definition) is 3. The highest BCUT2D eigenvalue weighted by atomic mass is 19.1. The van der Waals surface area contributed by atoms with Crippen LogP contribution in [0.15, 0.2) is 42.9 Å². The molecule has 2 unspecified atom stereocenters. The Labute approximate surface area is 149 Å². The first-order chi connectivity index (χ1) is 12.5. The number of hydrogen-bond acceptors (Lipinski definition) is 5. The summed E-state index contributed by atoms with van der Waals surface area (Å²) in [5.74, 6) is -0.958. The molecule has 1 saturated carbocycles. The molecule has 1 aliphatic rings. The fourth-order valence-corrected chi connectivity index (χ4v) is 3.90. The Morgan fingerprint density at radius 1 is 1.12 bits per heavy atom. The highest BCUT2D eigenvalue weighted by Crippen LogP contribution is 2.43. The summed E-state index contributed by atoms with van der Waals surface area (Å²) in [6.45, 7) is 1.88. The van der Waals surface area contributed by atoms with E-state index in [1.165, 1.54) is 30.6 Å². The second kappa shape index (κ2) is 6.42. The molecular formula is C19H20FN3O3. The zero-order valence-corrected chi connectivity index (χ0v) is 14.2. The largest absolute Gasteiger partial charge is 0.390 e. The monoisotopic (exact) mass is 357 g/mol. The highest BCUT2D eigenvalue weighted by molar-refractivity contribution is 5.78. The number of halogens is 1. The highest BCUT2D eigenvalue weighted by Gasteiger charge is 2.46. The lowest BCUT2D eigenvalue weighted by atomic mass is 9.92. The van der Waals surface area contributed by atoms with E-state index in [0.717, 1.165) is 11.1 Å². The number of nitrogens with zero attached hydrogens (tertiary/aromatic N) is 3. The molecule has 6 nitrogen and oxygen atoms in total. The Bertz CT molecular complexity index is 927. The summed E-state index contributed by atoms with van der Waals surface area (Å²) in [5, 5.41) is 32.6. The molecule has 0 saturated heterocycles. The van der Waals surface area contributed by atoms with E-state index in [4.69, 9.17) is 0 Å². The average molecular weight is 357 g/mol. The third-order valence-electron chi connectivity index (χ3n) is 5.38. The Kier molecular flexibility index (Phi) is 4.22. The van der Waals surface area contributed by atoms with Gasteiger partial charge in [0.05, 0.1) is 23.9 Å². The van der Waals surface area contributed by atoms with Crippen LogP contribution in [-0.4, -0.2) is 42.1 Å². The summed E-state index contributed by atoms with van der Waals surface area (Å²) in [6, 6.07) is 6.99. The van der Waals surface area contributed by atoms with Gasteiger partial charge in [0.25, 0.3) is 0 Å². The molecule has 7 heteroatoms. The second-order valence-electron chi connectivity index (χ2n) is 6.86. The van der Waals surface area contributed by atoms with Gasteiger partial charge in [-0.15, -0.1) is 0 Å². The van der Waals surface area contributed by atoms with Gasteiger partial charge in [-0.2, -0.15) is 0 Å². The molecule has 1 aromatic carbocycles. The molecule has 5 atom stereocenters. The first-order valence-corrected chi connectivity index (χ1v) is 8.55. The van der Waals surface area contributed by atoms with Crippen LogP contribution in [0.2, 0.25) is 0 Å². The molecule has 0 aliphatic heterocycles. The molecule has 2 aromatic heterocycles. The van der Waals surface area contributed by atoms with Gasteiger partial charge in [0, 0.05) is 17.5 Å². The topological polar surface area (TPSA) is 91.4 Å². The van der Waals surface area contributed by atoms with Gasteiger partial charge < -0.3 is 19.9 Å². The molecule has 0 amide bonds. The van der Waals surface area contributed by atoms with Crippen molar-refractivity contribution in [1.29, 1.82) is 0 Å². The first-order valence-electron chi connectivity index (χ1n) is 8.55. The standard InChI is InChI=1S/C19H20FN3O3/c1-10-13-6-7-23(19(13)22-9-21-10)15-8-14(17(25)18(15)26)16(24)11-2-4-12(20)5-3-11/h2-7,9,14-18,24-26H,8H2,1H3/t14?,15?,16-,17+,18-/m0/s1. The lowest BCUT2D eigenvalue weighted by Gasteiger charge is -2.22. The number of benzene rings is 1. The zero-order chi connectivity index (χ0) is 18.4. The third kappa shape index (κ3) is 2.68. The molecule has 136 valence electrons. The van der Waals surface area contributed by atoms with Gasteiger partial charge in [0.1, 0.15) is 23.9 Å². The summed E-state index contributed by atoms with van der Waals surface area (Å²) in [7, 11) is 0. The minimum atomic E-state index is -1.10. The van der Waals surface area contributed by atoms with E-state index >= 15 is 0 Å². The minimum absolute atomic E-state index is 0.369. The van der Waals surface area contributed by atoms with Crippen molar-refractivity contribution in [3.05, 3.63) is 59.9 Å². The molecule has 0 bridgehead atoms. The molecule has 0 spiro atoms. The van der Waals surface area contributed by atoms with Gasteiger partial charge >= 0.3 is 0 Å². The first kappa shape index (κ1) is 17.1. The Hall–Kier alpha value is -2.35. The van der Waals surface area contributed by atoms with Crippen LogP contribution in [-0.2, 0) is 0 Å². The van der Waals surface area contributed by atoms with E-state index in [9.17, 15) is 19.7 Å². The predicted octanol–water partition coefficient (Wildman–Crippen LogP) is 1.90. The van der Waals surface area contributed by atoms with Crippen LogP contribution < -0.4 is 0 Å². The van der Waals surface area contributed by atoms with Crippen LogP contribution in [0.1, 0.15) is 29.8 Å². The Morgan fingerprint density at radius 3 is 2.58 bits per heavy atom. The number of aliphatic hydroxyl groups excluding tert-OH is 3. The van der Waals surface area contributed by atoms with Crippen molar-refractivity contribution in [3.8, 4) is 0 Å². The SMILES string of the molecule is Cc1ncnc2c1ccn2C1CC([C@@H](O)c2ccc(F)cc2)[C@@H](O)[C@H]1O. The Morgan fingerprint density at radius 2 is 1.85 bits per heavy atom. The van der Waals surface area contributed by atoms with Gasteiger partial charge in [0.15, 0.2) is 0 Å². The van der Waals surface area contributed by atoms with Crippen molar-refractivity contribution < 1.29 is 19.7 Å². The number of aromatic nitrogens is 3. The van der Waals surface area contributed by atoms with Crippen LogP contribution in [0, 0.1) is 18.7 Å². The van der Waals surface area contributed by atoms with Crippen molar-refractivity contribution in [2.45, 2.75) is 37.7 Å². The number of aryl methyl sites for hydroxylation is 1. The number of rotatable bonds is 3. The lowest BCUT2D eigenvalue weighted by molar-refractivity contribution is -0.0264. The van der Waals surface area contributed by atoms with Crippen LogP contribution >= 0.6 is 0 Å². The molecule has 4 rings (SSSR count). The average Bonchev–Trinajstić information content (AvgIpc) is 3.18. The van der Waals surface area contributed by atoms with Crippen molar-refractivity contribution in [1.82, 2.24) is 14.5 Å². The molecular weight excluding hydrogens is 337 g/mol. The maximum Gasteiger partial charge on any atom is 0.143 e. The fourth-order valence-electron chi connectivity index (χ4n) is 3.90. The molecule has 3 N–H and O–H groups in total. The van der Waals surface area contributed by atoms with Crippen LogP contribution in [0.25, 0.3) is 11.0 Å². The predicted molar refractivity (Wildman–Crippen MR) is 92.8 cm³/mol. The van der Waals surface area contributed by atoms with Gasteiger partial charge in [0.2, 0.25) is 0 Å². The quantitative estimate of drug-likeness (QED) is 0.666.